The van der Waals surface area contributed by atoms with Gasteiger partial charge in [-0.3, -0.25) is 19.5 Å². The van der Waals surface area contributed by atoms with E-state index in [4.69, 9.17) is 9.84 Å². The predicted octanol–water partition coefficient (Wildman–Crippen LogP) is 1.73. The van der Waals surface area contributed by atoms with Crippen molar-refractivity contribution in [2.24, 2.45) is 0 Å². The van der Waals surface area contributed by atoms with E-state index in [1.807, 2.05) is 10.2 Å². The van der Waals surface area contributed by atoms with Gasteiger partial charge in [0.1, 0.15) is 17.7 Å². The summed E-state index contributed by atoms with van der Waals surface area (Å²) in [6.45, 7) is 0.0771. The summed E-state index contributed by atoms with van der Waals surface area (Å²) < 4.78 is 48.6. The van der Waals surface area contributed by atoms with E-state index in [9.17, 15) is 27.6 Å². The molecule has 5 rings (SSSR count). The Morgan fingerprint density at radius 3 is 2.69 bits per heavy atom. The van der Waals surface area contributed by atoms with Gasteiger partial charge in [-0.1, -0.05) is 0 Å². The van der Waals surface area contributed by atoms with E-state index < -0.39 is 42.6 Å². The molecular weight excluding hydrogens is 473 g/mol. The van der Waals surface area contributed by atoms with Crippen molar-refractivity contribution in [1.82, 2.24) is 14.5 Å². The Labute approximate surface area is 196 Å². The van der Waals surface area contributed by atoms with Gasteiger partial charge in [-0.15, -0.1) is 0 Å². The minimum absolute atomic E-state index is 0.00367. The number of ketones is 1. The normalized spacial score (nSPS) is 23.3. The molecule has 0 aliphatic carbocycles. The van der Waals surface area contributed by atoms with E-state index in [0.29, 0.717) is 13.2 Å². The number of carboxylic acid groups (broad SMARTS) is 1. The molecule has 2 aromatic heterocycles. The minimum Gasteiger partial charge on any atom is -0.465 e. The number of hydrogen-bond acceptors (Lipinski definition) is 8. The van der Waals surface area contributed by atoms with Crippen molar-refractivity contribution in [3.8, 4) is 0 Å². The average molecular weight is 494 g/mol. The fraction of sp³-hybridized carbons (Fsp3) is 0.476. The number of aromatic nitrogens is 3. The van der Waals surface area contributed by atoms with Crippen LogP contribution in [0.25, 0.3) is 0 Å². The van der Waals surface area contributed by atoms with Crippen LogP contribution in [0.4, 0.5) is 35.5 Å². The number of fused-ring (bicyclic) bond motifs is 3. The number of carbonyl (C=O) groups excluding carboxylic acids is 1. The monoisotopic (exact) mass is 494 g/mol. The van der Waals surface area contributed by atoms with E-state index in [0.717, 1.165) is 22.1 Å². The summed E-state index contributed by atoms with van der Waals surface area (Å²) in [6.07, 6.45) is -4.59. The highest BCUT2D eigenvalue weighted by molar-refractivity contribution is 5.99. The zero-order valence-electron chi connectivity index (χ0n) is 18.2. The lowest BCUT2D eigenvalue weighted by atomic mass is 10.1. The molecule has 186 valence electrons. The molecule has 3 aliphatic rings. The zero-order valence-corrected chi connectivity index (χ0v) is 18.2. The Balaban J connectivity index is 1.48. The van der Waals surface area contributed by atoms with Crippen molar-refractivity contribution in [1.29, 1.82) is 0 Å². The van der Waals surface area contributed by atoms with Crippen LogP contribution in [0.3, 0.4) is 0 Å². The highest BCUT2D eigenvalue weighted by Crippen LogP contribution is 2.36. The van der Waals surface area contributed by atoms with Gasteiger partial charge in [0.25, 0.3) is 5.56 Å². The maximum atomic E-state index is 14.0. The lowest BCUT2D eigenvalue weighted by molar-refractivity contribution is -0.152. The van der Waals surface area contributed by atoms with Crippen molar-refractivity contribution < 1.29 is 32.6 Å². The molecule has 0 aromatic carbocycles. The second-order valence-electron chi connectivity index (χ2n) is 8.66. The number of nitrogens with one attached hydrogen (secondary N) is 1. The van der Waals surface area contributed by atoms with Gasteiger partial charge in [0, 0.05) is 30.9 Å². The van der Waals surface area contributed by atoms with Gasteiger partial charge in [0.15, 0.2) is 5.78 Å². The second kappa shape index (κ2) is 8.52. The number of nitrogens with zero attached hydrogens (tertiary/aromatic N) is 5. The Bertz CT molecular complexity index is 1220. The molecule has 1 amide bonds. The van der Waals surface area contributed by atoms with Crippen LogP contribution >= 0.6 is 0 Å². The Morgan fingerprint density at radius 2 is 2.09 bits per heavy atom. The van der Waals surface area contributed by atoms with Gasteiger partial charge in [-0.05, 0) is 25.0 Å². The molecule has 0 spiro atoms. The SMILES string of the molecule is O=C(O)Nc1ccc(C(=O)CN2c3nc(N4C[C@@H]5C[C@H]4CO5)cc(=O)n3CCC2C(F)(F)F)cn1. The zero-order chi connectivity index (χ0) is 24.9. The number of rotatable bonds is 5. The standard InChI is InChI=1S/C21H21F3N6O5/c22-21(23,24)15-3-4-28-18(32)6-17(29-8-13-5-12(29)10-35-13)27-19(28)30(15)9-14(31)11-1-2-16(25-7-11)26-20(33)34/h1-2,6-7,12-13,15H,3-5,8-10H2,(H,25,26)(H,33,34)/t12-,13-,15?/m0/s1. The molecule has 14 heteroatoms. The molecule has 2 aromatic rings. The summed E-state index contributed by atoms with van der Waals surface area (Å²) in [6, 6.07) is 1.81. The number of halogens is 3. The van der Waals surface area contributed by atoms with Crippen LogP contribution in [0.5, 0.6) is 0 Å². The van der Waals surface area contributed by atoms with Crippen molar-refractivity contribution in [2.45, 2.75) is 43.8 Å². The minimum atomic E-state index is -4.66. The summed E-state index contributed by atoms with van der Waals surface area (Å²) in [7, 11) is 0. The molecule has 11 nitrogen and oxygen atoms in total. The lowest BCUT2D eigenvalue weighted by Crippen LogP contribution is -2.54. The summed E-state index contributed by atoms with van der Waals surface area (Å²) in [5.41, 5.74) is -0.496. The number of alkyl halides is 3. The highest BCUT2D eigenvalue weighted by Gasteiger charge is 2.48. The molecular formula is C21H21F3N6O5. The smallest absolute Gasteiger partial charge is 0.410 e. The van der Waals surface area contributed by atoms with Crippen LogP contribution in [0.2, 0.25) is 0 Å². The van der Waals surface area contributed by atoms with E-state index in [1.165, 1.54) is 18.2 Å². The Morgan fingerprint density at radius 1 is 1.29 bits per heavy atom. The predicted molar refractivity (Wildman–Crippen MR) is 116 cm³/mol. The van der Waals surface area contributed by atoms with Gasteiger partial charge in [0.2, 0.25) is 5.95 Å². The number of pyridine rings is 1. The fourth-order valence-corrected chi connectivity index (χ4v) is 4.79. The number of anilines is 3. The molecule has 35 heavy (non-hydrogen) atoms. The van der Waals surface area contributed by atoms with Crippen molar-refractivity contribution in [2.75, 3.05) is 34.8 Å². The van der Waals surface area contributed by atoms with Gasteiger partial charge in [-0.25, -0.2) is 9.78 Å². The maximum Gasteiger partial charge on any atom is 0.410 e. The number of Topliss-reactive ketones (excluding diaryl/α,β-unsaturated/α-hetero) is 1. The second-order valence-corrected chi connectivity index (χ2v) is 8.66. The third-order valence-electron chi connectivity index (χ3n) is 6.44. The number of carbonyl (C=O) groups is 2. The van der Waals surface area contributed by atoms with Crippen molar-refractivity contribution >= 4 is 29.5 Å². The summed E-state index contributed by atoms with van der Waals surface area (Å²) in [5, 5.41) is 10.8. The third-order valence-corrected chi connectivity index (χ3v) is 6.44. The van der Waals surface area contributed by atoms with Crippen molar-refractivity contribution in [3.05, 3.63) is 40.3 Å². The number of morpholine rings is 1. The summed E-state index contributed by atoms with van der Waals surface area (Å²) >= 11 is 0. The van der Waals surface area contributed by atoms with Crippen LogP contribution in [0.1, 0.15) is 23.2 Å². The largest absolute Gasteiger partial charge is 0.465 e. The summed E-state index contributed by atoms with van der Waals surface area (Å²) in [4.78, 5) is 47.4. The lowest BCUT2D eigenvalue weighted by Gasteiger charge is -2.39. The molecule has 3 atom stereocenters. The first-order valence-electron chi connectivity index (χ1n) is 10.9. The van der Waals surface area contributed by atoms with Gasteiger partial charge >= 0.3 is 12.3 Å². The number of hydrogen-bond donors (Lipinski definition) is 2. The van der Waals surface area contributed by atoms with Crippen LogP contribution in [-0.4, -0.2) is 75.6 Å². The molecule has 2 saturated heterocycles. The van der Waals surface area contributed by atoms with Gasteiger partial charge < -0.3 is 19.6 Å². The fourth-order valence-electron chi connectivity index (χ4n) is 4.79. The van der Waals surface area contributed by atoms with Crippen molar-refractivity contribution in [3.63, 3.8) is 0 Å². The summed E-state index contributed by atoms with van der Waals surface area (Å²) in [5.74, 6) is -0.666. The first-order valence-corrected chi connectivity index (χ1v) is 10.9. The van der Waals surface area contributed by atoms with Gasteiger partial charge in [-0.2, -0.15) is 18.2 Å². The molecule has 5 heterocycles. The van der Waals surface area contributed by atoms with E-state index in [1.54, 1.807) is 0 Å². The van der Waals surface area contributed by atoms with E-state index in [-0.39, 0.29) is 41.8 Å². The van der Waals surface area contributed by atoms with Crippen LogP contribution in [-0.2, 0) is 11.3 Å². The highest BCUT2D eigenvalue weighted by atomic mass is 19.4. The molecule has 1 unspecified atom stereocenters. The molecule has 2 bridgehead atoms. The number of amides is 1. The molecule has 2 fully saturated rings. The van der Waals surface area contributed by atoms with Crippen LogP contribution in [0, 0.1) is 0 Å². The third kappa shape index (κ3) is 4.40. The van der Waals surface area contributed by atoms with E-state index >= 15 is 0 Å². The first kappa shape index (κ1) is 23.1. The Hall–Kier alpha value is -3.68. The molecule has 0 radical (unpaired) electrons. The topological polar surface area (TPSA) is 130 Å². The van der Waals surface area contributed by atoms with Gasteiger partial charge in [0.05, 0.1) is 25.3 Å². The molecule has 3 aliphatic heterocycles. The van der Waals surface area contributed by atoms with Crippen LogP contribution < -0.4 is 20.7 Å². The number of ether oxygens (including phenoxy) is 1. The van der Waals surface area contributed by atoms with Crippen LogP contribution in [0.15, 0.2) is 29.2 Å². The molecule has 2 N–H and O–H groups in total. The first-order chi connectivity index (χ1) is 16.6. The average Bonchev–Trinajstić information content (AvgIpc) is 3.42. The van der Waals surface area contributed by atoms with E-state index in [2.05, 4.69) is 9.97 Å². The molecule has 0 saturated carbocycles. The quantitative estimate of drug-likeness (QED) is 0.597. The maximum absolute atomic E-state index is 14.0. The Kier molecular flexibility index (Phi) is 5.62.